The molecule has 1 fully saturated rings. The summed E-state index contributed by atoms with van der Waals surface area (Å²) in [6.45, 7) is 4.57. The predicted octanol–water partition coefficient (Wildman–Crippen LogP) is 2.75. The van der Waals surface area contributed by atoms with Gasteiger partial charge in [0.25, 0.3) is 0 Å². The summed E-state index contributed by atoms with van der Waals surface area (Å²) < 4.78 is 0. The Labute approximate surface area is 95.5 Å². The summed E-state index contributed by atoms with van der Waals surface area (Å²) in [5, 5.41) is 0.490. The second-order valence-corrected chi connectivity index (χ2v) is 5.37. The van der Waals surface area contributed by atoms with Crippen LogP contribution in [0.4, 0.5) is 5.82 Å². The van der Waals surface area contributed by atoms with Crippen molar-refractivity contribution in [3.63, 3.8) is 0 Å². The van der Waals surface area contributed by atoms with E-state index in [0.29, 0.717) is 16.6 Å². The minimum Gasteiger partial charge on any atom is -0.354 e. The van der Waals surface area contributed by atoms with Gasteiger partial charge in [-0.2, -0.15) is 0 Å². The van der Waals surface area contributed by atoms with Crippen LogP contribution in [0.2, 0.25) is 5.15 Å². The Morgan fingerprint density at radius 3 is 2.47 bits per heavy atom. The fourth-order valence-corrected chi connectivity index (χ4v) is 2.45. The Hall–Kier alpha value is -0.830. The van der Waals surface area contributed by atoms with E-state index in [1.165, 1.54) is 12.8 Å². The third-order valence-electron chi connectivity index (χ3n) is 3.09. The zero-order chi connectivity index (χ0) is 11.1. The van der Waals surface area contributed by atoms with Crippen LogP contribution in [0.1, 0.15) is 26.7 Å². The molecule has 0 atom stereocenters. The summed E-state index contributed by atoms with van der Waals surface area (Å²) in [4.78, 5) is 10.4. The number of hydrogen-bond donors (Lipinski definition) is 0. The van der Waals surface area contributed by atoms with Crippen molar-refractivity contribution in [1.82, 2.24) is 9.97 Å². The van der Waals surface area contributed by atoms with E-state index in [1.54, 1.807) is 12.4 Å². The highest BCUT2D eigenvalue weighted by Crippen LogP contribution is 2.43. The molecule has 0 spiro atoms. The molecule has 0 radical (unpaired) electrons. The zero-order valence-corrected chi connectivity index (χ0v) is 10.1. The lowest BCUT2D eigenvalue weighted by Gasteiger charge is -2.47. The molecule has 0 aromatic carbocycles. The topological polar surface area (TPSA) is 29.0 Å². The summed E-state index contributed by atoms with van der Waals surface area (Å²) in [5.41, 5.74) is 0.466. The van der Waals surface area contributed by atoms with Crippen LogP contribution in [0.5, 0.6) is 0 Å². The van der Waals surface area contributed by atoms with Gasteiger partial charge in [-0.3, -0.25) is 0 Å². The zero-order valence-electron chi connectivity index (χ0n) is 9.37. The van der Waals surface area contributed by atoms with Crippen molar-refractivity contribution in [3.05, 3.63) is 17.5 Å². The molecule has 0 unspecified atom stereocenters. The Bertz CT molecular complexity index is 357. The molecule has 82 valence electrons. The van der Waals surface area contributed by atoms with Crippen LogP contribution in [-0.4, -0.2) is 23.1 Å². The van der Waals surface area contributed by atoms with Crippen LogP contribution in [0, 0.1) is 5.41 Å². The predicted molar refractivity (Wildman–Crippen MR) is 62.2 cm³/mol. The molecule has 15 heavy (non-hydrogen) atoms. The highest BCUT2D eigenvalue weighted by atomic mass is 35.5. The van der Waals surface area contributed by atoms with Crippen molar-refractivity contribution < 1.29 is 0 Å². The summed E-state index contributed by atoms with van der Waals surface area (Å²) in [7, 11) is 2.04. The monoisotopic (exact) mass is 225 g/mol. The lowest BCUT2D eigenvalue weighted by atomic mass is 9.68. The normalized spacial score (nSPS) is 19.7. The van der Waals surface area contributed by atoms with Crippen LogP contribution in [0.3, 0.4) is 0 Å². The molecule has 0 aliphatic heterocycles. The molecule has 1 heterocycles. The minimum atomic E-state index is 0.466. The standard InChI is InChI=1S/C11H16ClN3/c1-11(2)6-8(7-11)15(3)10-9(12)13-4-5-14-10/h4-5,8H,6-7H2,1-3H3. The molecule has 1 saturated carbocycles. The van der Waals surface area contributed by atoms with Gasteiger partial charge in [0.05, 0.1) is 0 Å². The van der Waals surface area contributed by atoms with Gasteiger partial charge in [0.1, 0.15) is 0 Å². The third kappa shape index (κ3) is 2.07. The Balaban J connectivity index is 2.10. The molecule has 0 amide bonds. The summed E-state index contributed by atoms with van der Waals surface area (Å²) >= 11 is 6.00. The molecule has 1 aromatic rings. The number of hydrogen-bond acceptors (Lipinski definition) is 3. The average molecular weight is 226 g/mol. The van der Waals surface area contributed by atoms with E-state index in [9.17, 15) is 0 Å². The van der Waals surface area contributed by atoms with Crippen LogP contribution in [0.15, 0.2) is 12.4 Å². The van der Waals surface area contributed by atoms with E-state index >= 15 is 0 Å². The van der Waals surface area contributed by atoms with Gasteiger partial charge < -0.3 is 4.90 Å². The lowest BCUT2D eigenvalue weighted by Crippen LogP contribution is -2.47. The van der Waals surface area contributed by atoms with E-state index in [2.05, 4.69) is 28.7 Å². The Morgan fingerprint density at radius 2 is 1.93 bits per heavy atom. The van der Waals surface area contributed by atoms with Gasteiger partial charge >= 0.3 is 0 Å². The molecular formula is C11H16ClN3. The average Bonchev–Trinajstić information content (AvgIpc) is 2.14. The highest BCUT2D eigenvalue weighted by molar-refractivity contribution is 6.31. The van der Waals surface area contributed by atoms with Crippen molar-refractivity contribution in [2.75, 3.05) is 11.9 Å². The highest BCUT2D eigenvalue weighted by Gasteiger charge is 2.39. The molecule has 0 N–H and O–H groups in total. The number of anilines is 1. The van der Waals surface area contributed by atoms with Gasteiger partial charge in [-0.25, -0.2) is 9.97 Å². The fourth-order valence-electron chi connectivity index (χ4n) is 2.21. The number of halogens is 1. The van der Waals surface area contributed by atoms with Gasteiger partial charge in [0, 0.05) is 25.5 Å². The number of nitrogens with zero attached hydrogens (tertiary/aromatic N) is 3. The van der Waals surface area contributed by atoms with E-state index in [1.807, 2.05) is 7.05 Å². The maximum absolute atomic E-state index is 6.00. The first-order valence-corrected chi connectivity index (χ1v) is 5.57. The van der Waals surface area contributed by atoms with Gasteiger partial charge in [0.2, 0.25) is 0 Å². The Morgan fingerprint density at radius 1 is 1.33 bits per heavy atom. The van der Waals surface area contributed by atoms with Crippen molar-refractivity contribution in [1.29, 1.82) is 0 Å². The summed E-state index contributed by atoms with van der Waals surface area (Å²) in [6.07, 6.45) is 5.68. The first-order valence-electron chi connectivity index (χ1n) is 5.19. The fraction of sp³-hybridized carbons (Fsp3) is 0.636. The molecule has 1 aliphatic rings. The van der Waals surface area contributed by atoms with E-state index < -0.39 is 0 Å². The molecule has 3 nitrogen and oxygen atoms in total. The largest absolute Gasteiger partial charge is 0.354 e. The van der Waals surface area contributed by atoms with Crippen LogP contribution in [-0.2, 0) is 0 Å². The first-order chi connectivity index (χ1) is 6.99. The van der Waals surface area contributed by atoms with Crippen LogP contribution in [0.25, 0.3) is 0 Å². The van der Waals surface area contributed by atoms with E-state index in [0.717, 1.165) is 5.82 Å². The third-order valence-corrected chi connectivity index (χ3v) is 3.36. The quantitative estimate of drug-likeness (QED) is 0.775. The molecule has 2 rings (SSSR count). The smallest absolute Gasteiger partial charge is 0.171 e. The maximum atomic E-state index is 6.00. The molecule has 1 aromatic heterocycles. The van der Waals surface area contributed by atoms with E-state index in [-0.39, 0.29) is 0 Å². The molecular weight excluding hydrogens is 210 g/mol. The van der Waals surface area contributed by atoms with Crippen molar-refractivity contribution in [2.45, 2.75) is 32.7 Å². The maximum Gasteiger partial charge on any atom is 0.171 e. The van der Waals surface area contributed by atoms with Crippen molar-refractivity contribution in [2.24, 2.45) is 5.41 Å². The molecule has 0 bridgehead atoms. The number of aromatic nitrogens is 2. The Kier molecular flexibility index (Phi) is 2.59. The van der Waals surface area contributed by atoms with Gasteiger partial charge in [-0.1, -0.05) is 25.4 Å². The van der Waals surface area contributed by atoms with Crippen molar-refractivity contribution >= 4 is 17.4 Å². The van der Waals surface area contributed by atoms with E-state index in [4.69, 9.17) is 11.6 Å². The van der Waals surface area contributed by atoms with Gasteiger partial charge in [-0.15, -0.1) is 0 Å². The summed E-state index contributed by atoms with van der Waals surface area (Å²) in [5.74, 6) is 0.791. The summed E-state index contributed by atoms with van der Waals surface area (Å²) in [6, 6.07) is 0.550. The van der Waals surface area contributed by atoms with Gasteiger partial charge in [0.15, 0.2) is 11.0 Å². The SMILES string of the molecule is CN(c1nccnc1Cl)C1CC(C)(C)C1. The van der Waals surface area contributed by atoms with Crippen LogP contribution >= 0.6 is 11.6 Å². The second kappa shape index (κ2) is 3.63. The minimum absolute atomic E-state index is 0.466. The molecule has 1 aliphatic carbocycles. The molecule has 4 heteroatoms. The number of rotatable bonds is 2. The van der Waals surface area contributed by atoms with Crippen LogP contribution < -0.4 is 4.90 Å². The lowest BCUT2D eigenvalue weighted by molar-refractivity contribution is 0.150. The van der Waals surface area contributed by atoms with Gasteiger partial charge in [-0.05, 0) is 18.3 Å². The molecule has 0 saturated heterocycles. The second-order valence-electron chi connectivity index (χ2n) is 5.01. The first kappa shape index (κ1) is 10.7. The van der Waals surface area contributed by atoms with Crippen molar-refractivity contribution in [3.8, 4) is 0 Å².